The molecule has 0 fully saturated rings. The lowest BCUT2D eigenvalue weighted by atomic mass is 10.1. The Kier molecular flexibility index (Phi) is 6.59. The molecule has 0 spiro atoms. The molecule has 2 unspecified atom stereocenters. The standard InChI is InChI=1S/C16H26FNO2/c1-12(11-19-5)20-15(10-18-16(2,3)4)13-6-8-14(17)9-7-13/h6-9,12,15,18H,10-11H2,1-5H3. The van der Waals surface area contributed by atoms with Gasteiger partial charge in [-0.05, 0) is 45.4 Å². The number of halogens is 1. The molecule has 1 N–H and O–H groups in total. The minimum absolute atomic E-state index is 0.00609. The minimum Gasteiger partial charge on any atom is -0.382 e. The van der Waals surface area contributed by atoms with Gasteiger partial charge in [0.1, 0.15) is 5.82 Å². The molecule has 0 saturated heterocycles. The van der Waals surface area contributed by atoms with Crippen molar-refractivity contribution in [3.8, 4) is 0 Å². The van der Waals surface area contributed by atoms with Gasteiger partial charge in [-0.1, -0.05) is 12.1 Å². The van der Waals surface area contributed by atoms with Gasteiger partial charge in [-0.3, -0.25) is 0 Å². The topological polar surface area (TPSA) is 30.5 Å². The lowest BCUT2D eigenvalue weighted by Gasteiger charge is -2.27. The Morgan fingerprint density at radius 3 is 2.30 bits per heavy atom. The monoisotopic (exact) mass is 283 g/mol. The zero-order chi connectivity index (χ0) is 15.2. The van der Waals surface area contributed by atoms with Crippen LogP contribution in [0.4, 0.5) is 4.39 Å². The van der Waals surface area contributed by atoms with Gasteiger partial charge in [0.2, 0.25) is 0 Å². The predicted octanol–water partition coefficient (Wildman–Crippen LogP) is 3.31. The van der Waals surface area contributed by atoms with E-state index in [1.54, 1.807) is 19.2 Å². The third kappa shape index (κ3) is 6.46. The molecule has 0 bridgehead atoms. The Hall–Kier alpha value is -0.970. The van der Waals surface area contributed by atoms with Crippen LogP contribution in [0.1, 0.15) is 39.4 Å². The fraction of sp³-hybridized carbons (Fsp3) is 0.625. The number of benzene rings is 1. The van der Waals surface area contributed by atoms with Crippen LogP contribution in [-0.2, 0) is 9.47 Å². The van der Waals surface area contributed by atoms with Crippen LogP contribution in [0.25, 0.3) is 0 Å². The van der Waals surface area contributed by atoms with E-state index in [1.807, 2.05) is 6.92 Å². The second-order valence-electron chi connectivity index (χ2n) is 6.07. The second-order valence-corrected chi connectivity index (χ2v) is 6.07. The van der Waals surface area contributed by atoms with Gasteiger partial charge >= 0.3 is 0 Å². The highest BCUT2D eigenvalue weighted by Crippen LogP contribution is 2.20. The fourth-order valence-corrected chi connectivity index (χ4v) is 1.88. The Morgan fingerprint density at radius 1 is 1.20 bits per heavy atom. The Labute approximate surface area is 121 Å². The molecule has 0 saturated carbocycles. The van der Waals surface area contributed by atoms with E-state index in [0.29, 0.717) is 13.2 Å². The molecule has 0 aliphatic carbocycles. The summed E-state index contributed by atoms with van der Waals surface area (Å²) in [6, 6.07) is 6.46. The van der Waals surface area contributed by atoms with E-state index in [1.165, 1.54) is 12.1 Å². The first-order chi connectivity index (χ1) is 9.31. The first-order valence-electron chi connectivity index (χ1n) is 6.96. The molecule has 2 atom stereocenters. The molecule has 1 rings (SSSR count). The Bertz CT molecular complexity index is 386. The number of hydrogen-bond donors (Lipinski definition) is 1. The van der Waals surface area contributed by atoms with Gasteiger partial charge in [-0.25, -0.2) is 4.39 Å². The van der Waals surface area contributed by atoms with Gasteiger partial charge in [0, 0.05) is 19.2 Å². The average Bonchev–Trinajstić information content (AvgIpc) is 2.35. The van der Waals surface area contributed by atoms with E-state index in [0.717, 1.165) is 5.56 Å². The third-order valence-corrected chi connectivity index (χ3v) is 2.86. The zero-order valence-electron chi connectivity index (χ0n) is 13.1. The number of rotatable bonds is 7. The van der Waals surface area contributed by atoms with Crippen molar-refractivity contribution in [3.05, 3.63) is 35.6 Å². The van der Waals surface area contributed by atoms with Crippen molar-refractivity contribution >= 4 is 0 Å². The van der Waals surface area contributed by atoms with Crippen molar-refractivity contribution in [1.82, 2.24) is 5.32 Å². The van der Waals surface area contributed by atoms with Crippen molar-refractivity contribution < 1.29 is 13.9 Å². The number of methoxy groups -OCH3 is 1. The van der Waals surface area contributed by atoms with Crippen LogP contribution in [0, 0.1) is 5.82 Å². The second kappa shape index (κ2) is 7.72. The summed E-state index contributed by atoms with van der Waals surface area (Å²) < 4.78 is 24.1. The minimum atomic E-state index is -0.235. The molecule has 0 aliphatic rings. The zero-order valence-corrected chi connectivity index (χ0v) is 13.1. The Morgan fingerprint density at radius 2 is 1.80 bits per heavy atom. The van der Waals surface area contributed by atoms with Gasteiger partial charge < -0.3 is 14.8 Å². The molecular formula is C16H26FNO2. The van der Waals surface area contributed by atoms with Gasteiger partial charge in [0.15, 0.2) is 0 Å². The maximum absolute atomic E-state index is 13.0. The summed E-state index contributed by atoms with van der Waals surface area (Å²) in [5, 5.41) is 3.42. The van der Waals surface area contributed by atoms with Crippen molar-refractivity contribution in [2.24, 2.45) is 0 Å². The first-order valence-corrected chi connectivity index (χ1v) is 6.96. The SMILES string of the molecule is COCC(C)OC(CNC(C)(C)C)c1ccc(F)cc1. The molecular weight excluding hydrogens is 257 g/mol. The van der Waals surface area contributed by atoms with Gasteiger partial charge in [-0.2, -0.15) is 0 Å². The molecule has 1 aromatic carbocycles. The normalized spacial score (nSPS) is 15.1. The summed E-state index contributed by atoms with van der Waals surface area (Å²) in [7, 11) is 1.65. The highest BCUT2D eigenvalue weighted by atomic mass is 19.1. The van der Waals surface area contributed by atoms with E-state index in [-0.39, 0.29) is 23.6 Å². The number of ether oxygens (including phenoxy) is 2. The summed E-state index contributed by atoms with van der Waals surface area (Å²) in [6.45, 7) is 9.49. The van der Waals surface area contributed by atoms with E-state index < -0.39 is 0 Å². The fourth-order valence-electron chi connectivity index (χ4n) is 1.88. The molecule has 0 radical (unpaired) electrons. The van der Waals surface area contributed by atoms with Crippen molar-refractivity contribution in [2.75, 3.05) is 20.3 Å². The number of nitrogens with one attached hydrogen (secondary N) is 1. The lowest BCUT2D eigenvalue weighted by Crippen LogP contribution is -2.39. The molecule has 114 valence electrons. The van der Waals surface area contributed by atoms with Crippen LogP contribution >= 0.6 is 0 Å². The highest BCUT2D eigenvalue weighted by molar-refractivity contribution is 5.19. The summed E-state index contributed by atoms with van der Waals surface area (Å²) in [5.41, 5.74) is 0.970. The number of hydrogen-bond acceptors (Lipinski definition) is 3. The van der Waals surface area contributed by atoms with Gasteiger partial charge in [-0.15, -0.1) is 0 Å². The summed E-state index contributed by atoms with van der Waals surface area (Å²) in [5.74, 6) is -0.235. The molecule has 0 amide bonds. The van der Waals surface area contributed by atoms with Crippen molar-refractivity contribution in [3.63, 3.8) is 0 Å². The maximum atomic E-state index is 13.0. The molecule has 3 nitrogen and oxygen atoms in total. The van der Waals surface area contributed by atoms with E-state index >= 15 is 0 Å². The van der Waals surface area contributed by atoms with Crippen LogP contribution in [-0.4, -0.2) is 31.9 Å². The molecule has 1 aromatic rings. The molecule has 0 aromatic heterocycles. The molecule has 4 heteroatoms. The quantitative estimate of drug-likeness (QED) is 0.833. The van der Waals surface area contributed by atoms with Crippen LogP contribution in [0.2, 0.25) is 0 Å². The molecule has 20 heavy (non-hydrogen) atoms. The van der Waals surface area contributed by atoms with Gasteiger partial charge in [0.25, 0.3) is 0 Å². The average molecular weight is 283 g/mol. The smallest absolute Gasteiger partial charge is 0.123 e. The van der Waals surface area contributed by atoms with Gasteiger partial charge in [0.05, 0.1) is 18.8 Å². The predicted molar refractivity (Wildman–Crippen MR) is 79.3 cm³/mol. The molecule has 0 aliphatic heterocycles. The summed E-state index contributed by atoms with van der Waals surface area (Å²) in [4.78, 5) is 0. The molecule has 0 heterocycles. The van der Waals surface area contributed by atoms with E-state index in [9.17, 15) is 4.39 Å². The van der Waals surface area contributed by atoms with Crippen LogP contribution in [0.3, 0.4) is 0 Å². The highest BCUT2D eigenvalue weighted by Gasteiger charge is 2.19. The lowest BCUT2D eigenvalue weighted by molar-refractivity contribution is -0.0412. The largest absolute Gasteiger partial charge is 0.382 e. The van der Waals surface area contributed by atoms with Crippen LogP contribution in [0.15, 0.2) is 24.3 Å². The van der Waals surface area contributed by atoms with Crippen LogP contribution < -0.4 is 5.32 Å². The van der Waals surface area contributed by atoms with Crippen LogP contribution in [0.5, 0.6) is 0 Å². The Balaban J connectivity index is 2.75. The third-order valence-electron chi connectivity index (χ3n) is 2.86. The summed E-state index contributed by atoms with van der Waals surface area (Å²) >= 11 is 0. The first kappa shape index (κ1) is 17.1. The summed E-state index contributed by atoms with van der Waals surface area (Å²) in [6.07, 6.45) is -0.142. The van der Waals surface area contributed by atoms with Crippen molar-refractivity contribution in [2.45, 2.75) is 45.4 Å². The van der Waals surface area contributed by atoms with Crippen molar-refractivity contribution in [1.29, 1.82) is 0 Å². The van der Waals surface area contributed by atoms with E-state index in [4.69, 9.17) is 9.47 Å². The maximum Gasteiger partial charge on any atom is 0.123 e. The van der Waals surface area contributed by atoms with E-state index in [2.05, 4.69) is 26.1 Å².